The zero-order chi connectivity index (χ0) is 13.1. The van der Waals surface area contributed by atoms with E-state index in [9.17, 15) is 4.79 Å². The molecule has 0 aromatic carbocycles. The first-order chi connectivity index (χ1) is 7.85. The van der Waals surface area contributed by atoms with Gasteiger partial charge in [0.2, 0.25) is 5.91 Å². The van der Waals surface area contributed by atoms with Gasteiger partial charge in [0.25, 0.3) is 0 Å². The molecule has 0 aliphatic rings. The topological polar surface area (TPSA) is 107 Å². The molecule has 1 amide bonds. The maximum Gasteiger partial charge on any atom is 0.224 e. The van der Waals surface area contributed by atoms with E-state index in [2.05, 4.69) is 15.3 Å². The Morgan fingerprint density at radius 2 is 2.18 bits per heavy atom. The van der Waals surface area contributed by atoms with Crippen LogP contribution in [0.25, 0.3) is 0 Å². The number of nitrogens with two attached hydrogens (primary N) is 2. The molecule has 0 saturated heterocycles. The molecule has 0 bridgehead atoms. The Hall–Kier alpha value is -1.50. The number of aromatic nitrogens is 2. The molecule has 6 nitrogen and oxygen atoms in total. The summed E-state index contributed by atoms with van der Waals surface area (Å²) in [6.07, 6.45) is 1.87. The van der Waals surface area contributed by atoms with Gasteiger partial charge in [-0.05, 0) is 20.1 Å². The molecule has 1 aromatic heterocycles. The van der Waals surface area contributed by atoms with Gasteiger partial charge in [-0.3, -0.25) is 4.79 Å². The fourth-order valence-corrected chi connectivity index (χ4v) is 1.41. The molecule has 1 heterocycles. The molecule has 94 valence electrons. The zero-order valence-corrected chi connectivity index (χ0v) is 11.0. The van der Waals surface area contributed by atoms with Crippen LogP contribution in [0.4, 0.5) is 11.6 Å². The first-order valence-electron chi connectivity index (χ1n) is 5.07. The van der Waals surface area contributed by atoms with E-state index in [-0.39, 0.29) is 5.91 Å². The highest BCUT2D eigenvalue weighted by molar-refractivity contribution is 7.98. The van der Waals surface area contributed by atoms with Crippen molar-refractivity contribution >= 4 is 29.3 Å². The summed E-state index contributed by atoms with van der Waals surface area (Å²) in [4.78, 5) is 19.4. The molecule has 5 N–H and O–H groups in total. The van der Waals surface area contributed by atoms with Gasteiger partial charge in [-0.1, -0.05) is 11.8 Å². The van der Waals surface area contributed by atoms with E-state index in [1.54, 1.807) is 19.9 Å². The quantitative estimate of drug-likeness (QED) is 0.528. The van der Waals surface area contributed by atoms with Crippen LogP contribution in [-0.2, 0) is 4.79 Å². The summed E-state index contributed by atoms with van der Waals surface area (Å²) in [6.45, 7) is 3.93. The molecule has 0 atom stereocenters. The minimum absolute atomic E-state index is 0.364. The number of amides is 1. The van der Waals surface area contributed by atoms with Gasteiger partial charge in [0, 0.05) is 12.6 Å². The SMILES string of the molecule is CSc1nc(N)cc(NCC(C)(C)C(N)=O)n1. The summed E-state index contributed by atoms with van der Waals surface area (Å²) in [6, 6.07) is 1.62. The zero-order valence-electron chi connectivity index (χ0n) is 10.2. The van der Waals surface area contributed by atoms with Gasteiger partial charge < -0.3 is 16.8 Å². The Morgan fingerprint density at radius 3 is 2.71 bits per heavy atom. The van der Waals surface area contributed by atoms with E-state index in [0.29, 0.717) is 23.3 Å². The van der Waals surface area contributed by atoms with Gasteiger partial charge in [-0.2, -0.15) is 0 Å². The second kappa shape index (κ2) is 5.22. The number of primary amides is 1. The van der Waals surface area contributed by atoms with E-state index in [4.69, 9.17) is 11.5 Å². The number of carbonyl (C=O) groups is 1. The van der Waals surface area contributed by atoms with Crippen LogP contribution < -0.4 is 16.8 Å². The van der Waals surface area contributed by atoms with Crippen molar-refractivity contribution in [1.29, 1.82) is 0 Å². The molecular weight excluding hydrogens is 238 g/mol. The monoisotopic (exact) mass is 255 g/mol. The van der Waals surface area contributed by atoms with E-state index in [1.807, 2.05) is 6.26 Å². The summed E-state index contributed by atoms with van der Waals surface area (Å²) in [7, 11) is 0. The first-order valence-corrected chi connectivity index (χ1v) is 6.30. The molecule has 0 aliphatic heterocycles. The summed E-state index contributed by atoms with van der Waals surface area (Å²) < 4.78 is 0. The van der Waals surface area contributed by atoms with Crippen LogP contribution in [0.15, 0.2) is 11.2 Å². The number of nitrogen functional groups attached to an aromatic ring is 1. The Bertz CT molecular complexity index is 421. The predicted octanol–water partition coefficient (Wildman–Crippen LogP) is 0.704. The maximum absolute atomic E-state index is 11.2. The number of nitrogens with one attached hydrogen (secondary N) is 1. The summed E-state index contributed by atoms with van der Waals surface area (Å²) in [5.41, 5.74) is 10.3. The van der Waals surface area contributed by atoms with Crippen molar-refractivity contribution in [2.45, 2.75) is 19.0 Å². The number of rotatable bonds is 5. The Kier molecular flexibility index (Phi) is 4.17. The van der Waals surface area contributed by atoms with Crippen LogP contribution in [0.3, 0.4) is 0 Å². The van der Waals surface area contributed by atoms with E-state index in [1.165, 1.54) is 11.8 Å². The van der Waals surface area contributed by atoms with Crippen molar-refractivity contribution in [1.82, 2.24) is 9.97 Å². The van der Waals surface area contributed by atoms with Gasteiger partial charge in [-0.15, -0.1) is 0 Å². The third kappa shape index (κ3) is 3.77. The second-order valence-electron chi connectivity index (χ2n) is 4.27. The fourth-order valence-electron chi connectivity index (χ4n) is 1.02. The van der Waals surface area contributed by atoms with E-state index >= 15 is 0 Å². The minimum Gasteiger partial charge on any atom is -0.383 e. The molecule has 0 saturated carbocycles. The molecular formula is C10H17N5OS. The third-order valence-corrected chi connectivity index (χ3v) is 2.83. The molecule has 0 fully saturated rings. The first kappa shape index (κ1) is 13.6. The van der Waals surface area contributed by atoms with Crippen LogP contribution in [0.1, 0.15) is 13.8 Å². The van der Waals surface area contributed by atoms with E-state index < -0.39 is 5.41 Å². The van der Waals surface area contributed by atoms with Crippen molar-refractivity contribution in [3.05, 3.63) is 6.07 Å². The molecule has 7 heteroatoms. The van der Waals surface area contributed by atoms with Crippen LogP contribution in [0.5, 0.6) is 0 Å². The standard InChI is InChI=1S/C10H17N5OS/c1-10(2,8(12)16)5-13-7-4-6(11)14-9(15-7)17-3/h4H,5H2,1-3H3,(H2,12,16)(H3,11,13,14,15). The Balaban J connectivity index is 2.76. The van der Waals surface area contributed by atoms with E-state index in [0.717, 1.165) is 0 Å². The fraction of sp³-hybridized carbons (Fsp3) is 0.500. The highest BCUT2D eigenvalue weighted by Gasteiger charge is 2.24. The number of anilines is 2. The Labute approximate surface area is 105 Å². The maximum atomic E-state index is 11.2. The number of thioether (sulfide) groups is 1. The van der Waals surface area contributed by atoms with Gasteiger partial charge in [-0.25, -0.2) is 9.97 Å². The minimum atomic E-state index is -0.640. The molecule has 0 aliphatic carbocycles. The van der Waals surface area contributed by atoms with Crippen LogP contribution in [0, 0.1) is 5.41 Å². The smallest absolute Gasteiger partial charge is 0.224 e. The highest BCUT2D eigenvalue weighted by atomic mass is 32.2. The van der Waals surface area contributed by atoms with Crippen molar-refractivity contribution < 1.29 is 4.79 Å². The van der Waals surface area contributed by atoms with Crippen LogP contribution in [0.2, 0.25) is 0 Å². The highest BCUT2D eigenvalue weighted by Crippen LogP contribution is 2.18. The van der Waals surface area contributed by atoms with Crippen molar-refractivity contribution in [3.63, 3.8) is 0 Å². The lowest BCUT2D eigenvalue weighted by molar-refractivity contribution is -0.125. The van der Waals surface area contributed by atoms with Crippen LogP contribution in [-0.4, -0.2) is 28.7 Å². The van der Waals surface area contributed by atoms with Gasteiger partial charge >= 0.3 is 0 Å². The number of hydrogen-bond donors (Lipinski definition) is 3. The summed E-state index contributed by atoms with van der Waals surface area (Å²) in [5, 5.41) is 3.62. The van der Waals surface area contributed by atoms with Crippen LogP contribution >= 0.6 is 11.8 Å². The lowest BCUT2D eigenvalue weighted by Crippen LogP contribution is -2.37. The van der Waals surface area contributed by atoms with Crippen molar-refractivity contribution in [3.8, 4) is 0 Å². The molecule has 1 rings (SSSR count). The van der Waals surface area contributed by atoms with Gasteiger partial charge in [0.1, 0.15) is 11.6 Å². The van der Waals surface area contributed by atoms with Gasteiger partial charge in [0.15, 0.2) is 5.16 Å². The van der Waals surface area contributed by atoms with Crippen molar-refractivity contribution in [2.24, 2.45) is 11.1 Å². The second-order valence-corrected chi connectivity index (χ2v) is 5.04. The average Bonchev–Trinajstić information content (AvgIpc) is 2.25. The normalized spacial score (nSPS) is 11.2. The van der Waals surface area contributed by atoms with Crippen molar-refractivity contribution in [2.75, 3.05) is 23.9 Å². The number of hydrogen-bond acceptors (Lipinski definition) is 6. The summed E-state index contributed by atoms with van der Waals surface area (Å²) >= 11 is 1.40. The lowest BCUT2D eigenvalue weighted by Gasteiger charge is -2.21. The lowest BCUT2D eigenvalue weighted by atomic mass is 9.93. The molecule has 1 aromatic rings. The molecule has 0 unspecified atom stereocenters. The molecule has 0 spiro atoms. The van der Waals surface area contributed by atoms with Gasteiger partial charge in [0.05, 0.1) is 5.41 Å². The number of carbonyl (C=O) groups excluding carboxylic acids is 1. The third-order valence-electron chi connectivity index (χ3n) is 2.29. The largest absolute Gasteiger partial charge is 0.383 e. The number of nitrogens with zero attached hydrogens (tertiary/aromatic N) is 2. The Morgan fingerprint density at radius 1 is 1.53 bits per heavy atom. The predicted molar refractivity (Wildman–Crippen MR) is 69.7 cm³/mol. The average molecular weight is 255 g/mol. The summed E-state index contributed by atoms with van der Waals surface area (Å²) in [5.74, 6) is 0.622. The molecule has 0 radical (unpaired) electrons. The molecule has 17 heavy (non-hydrogen) atoms.